The summed E-state index contributed by atoms with van der Waals surface area (Å²) >= 11 is 0. The first-order chi connectivity index (χ1) is 10.6. The van der Waals surface area contributed by atoms with Gasteiger partial charge in [0.05, 0.1) is 17.6 Å². The zero-order valence-corrected chi connectivity index (χ0v) is 13.4. The molecular weight excluding hydrogens is 272 g/mol. The Balaban J connectivity index is 1.72. The van der Waals surface area contributed by atoms with Crippen molar-refractivity contribution in [3.05, 3.63) is 60.2 Å². The molecule has 0 bridgehead atoms. The molecule has 0 fully saturated rings. The fourth-order valence-electron chi connectivity index (χ4n) is 2.69. The van der Waals surface area contributed by atoms with Crippen molar-refractivity contribution in [3.63, 3.8) is 0 Å². The number of para-hydroxylation sites is 2. The highest BCUT2D eigenvalue weighted by Crippen LogP contribution is 2.16. The van der Waals surface area contributed by atoms with E-state index in [4.69, 9.17) is 4.98 Å². The minimum atomic E-state index is 0.412. The van der Waals surface area contributed by atoms with Crippen molar-refractivity contribution in [1.29, 1.82) is 0 Å². The van der Waals surface area contributed by atoms with Gasteiger partial charge in [0, 0.05) is 31.4 Å². The Morgan fingerprint density at radius 1 is 1.14 bits per heavy atom. The Morgan fingerprint density at radius 2 is 1.91 bits per heavy atom. The second kappa shape index (κ2) is 6.28. The van der Waals surface area contributed by atoms with Gasteiger partial charge in [0.1, 0.15) is 5.82 Å². The lowest BCUT2D eigenvalue weighted by Crippen LogP contribution is -2.31. The van der Waals surface area contributed by atoms with Crippen molar-refractivity contribution in [2.24, 2.45) is 7.05 Å². The third kappa shape index (κ3) is 3.02. The van der Waals surface area contributed by atoms with Crippen LogP contribution in [-0.4, -0.2) is 32.5 Å². The summed E-state index contributed by atoms with van der Waals surface area (Å²) in [6.45, 7) is 3.07. The number of hydrogen-bond acceptors (Lipinski definition) is 3. The Morgan fingerprint density at radius 3 is 2.64 bits per heavy atom. The summed E-state index contributed by atoms with van der Waals surface area (Å²) in [6.07, 6.45) is 2.80. The topological polar surface area (TPSA) is 34.0 Å². The van der Waals surface area contributed by atoms with Crippen LogP contribution in [0.4, 0.5) is 0 Å². The van der Waals surface area contributed by atoms with Gasteiger partial charge >= 0.3 is 0 Å². The van der Waals surface area contributed by atoms with Crippen LogP contribution < -0.4 is 0 Å². The van der Waals surface area contributed by atoms with Crippen LogP contribution in [0.15, 0.2) is 48.7 Å². The molecule has 0 aliphatic heterocycles. The summed E-state index contributed by atoms with van der Waals surface area (Å²) in [5.74, 6) is 1.09. The normalized spacial score (nSPS) is 12.9. The van der Waals surface area contributed by atoms with Crippen LogP contribution in [-0.2, 0) is 20.0 Å². The summed E-state index contributed by atoms with van der Waals surface area (Å²) in [5, 5.41) is 0. The summed E-state index contributed by atoms with van der Waals surface area (Å²) in [7, 11) is 4.23. The van der Waals surface area contributed by atoms with E-state index >= 15 is 0 Å². The fourth-order valence-corrected chi connectivity index (χ4v) is 2.69. The number of likely N-dealkylation sites (N-methyl/N-ethyl adjacent to an activating group) is 1. The zero-order chi connectivity index (χ0) is 15.5. The molecule has 4 heteroatoms. The molecule has 22 heavy (non-hydrogen) atoms. The minimum Gasteiger partial charge on any atom is -0.330 e. The molecule has 2 aromatic heterocycles. The summed E-state index contributed by atoms with van der Waals surface area (Å²) in [4.78, 5) is 11.5. The van der Waals surface area contributed by atoms with Gasteiger partial charge in [0.15, 0.2) is 0 Å². The molecule has 3 aromatic rings. The number of aromatic nitrogens is 3. The quantitative estimate of drug-likeness (QED) is 0.725. The highest BCUT2D eigenvalue weighted by atomic mass is 15.2. The second-order valence-corrected chi connectivity index (χ2v) is 5.87. The van der Waals surface area contributed by atoms with Crippen molar-refractivity contribution < 1.29 is 0 Å². The van der Waals surface area contributed by atoms with E-state index in [1.54, 1.807) is 0 Å². The molecule has 0 aliphatic carbocycles. The van der Waals surface area contributed by atoms with Crippen molar-refractivity contribution in [3.8, 4) is 0 Å². The van der Waals surface area contributed by atoms with Crippen molar-refractivity contribution in [2.75, 3.05) is 7.05 Å². The van der Waals surface area contributed by atoms with Crippen LogP contribution in [0.5, 0.6) is 0 Å². The number of benzene rings is 1. The molecule has 1 aromatic carbocycles. The van der Waals surface area contributed by atoms with Gasteiger partial charge in [-0.05, 0) is 38.2 Å². The third-order valence-electron chi connectivity index (χ3n) is 4.25. The average molecular weight is 294 g/mol. The van der Waals surface area contributed by atoms with Gasteiger partial charge in [-0.1, -0.05) is 18.2 Å². The number of imidazole rings is 1. The first kappa shape index (κ1) is 14.7. The molecule has 0 spiro atoms. The molecule has 0 aliphatic rings. The first-order valence-electron chi connectivity index (χ1n) is 7.65. The first-order valence-corrected chi connectivity index (χ1v) is 7.65. The van der Waals surface area contributed by atoms with E-state index in [2.05, 4.69) is 59.7 Å². The highest BCUT2D eigenvalue weighted by molar-refractivity contribution is 5.75. The molecule has 1 atom stereocenters. The van der Waals surface area contributed by atoms with Gasteiger partial charge in [-0.25, -0.2) is 4.98 Å². The minimum absolute atomic E-state index is 0.412. The average Bonchev–Trinajstić information content (AvgIpc) is 2.85. The molecule has 1 unspecified atom stereocenters. The van der Waals surface area contributed by atoms with E-state index in [-0.39, 0.29) is 0 Å². The second-order valence-electron chi connectivity index (χ2n) is 5.87. The lowest BCUT2D eigenvalue weighted by Gasteiger charge is -2.24. The molecule has 2 heterocycles. The van der Waals surface area contributed by atoms with E-state index in [0.29, 0.717) is 6.04 Å². The molecular formula is C18H22N4. The van der Waals surface area contributed by atoms with E-state index in [9.17, 15) is 0 Å². The summed E-state index contributed by atoms with van der Waals surface area (Å²) < 4.78 is 2.18. The zero-order valence-electron chi connectivity index (χ0n) is 13.4. The maximum atomic E-state index is 4.75. The van der Waals surface area contributed by atoms with E-state index in [0.717, 1.165) is 30.0 Å². The molecule has 0 N–H and O–H groups in total. The molecule has 0 radical (unpaired) electrons. The Bertz CT molecular complexity index is 748. The van der Waals surface area contributed by atoms with Gasteiger partial charge < -0.3 is 4.57 Å². The van der Waals surface area contributed by atoms with Crippen molar-refractivity contribution in [2.45, 2.75) is 25.9 Å². The summed E-state index contributed by atoms with van der Waals surface area (Å²) in [6, 6.07) is 14.8. The maximum Gasteiger partial charge on any atom is 0.123 e. The van der Waals surface area contributed by atoms with Crippen LogP contribution in [0.1, 0.15) is 18.4 Å². The lowest BCUT2D eigenvalue weighted by atomic mass is 10.1. The maximum absolute atomic E-state index is 4.75. The van der Waals surface area contributed by atoms with Crippen LogP contribution in [0.3, 0.4) is 0 Å². The summed E-state index contributed by atoms with van der Waals surface area (Å²) in [5.41, 5.74) is 3.38. The van der Waals surface area contributed by atoms with Gasteiger partial charge in [0.2, 0.25) is 0 Å². The molecule has 4 nitrogen and oxygen atoms in total. The number of hydrogen-bond donors (Lipinski definition) is 0. The third-order valence-corrected chi connectivity index (χ3v) is 4.25. The van der Waals surface area contributed by atoms with Crippen molar-refractivity contribution >= 4 is 11.0 Å². The Labute approximate surface area is 131 Å². The number of rotatable bonds is 5. The van der Waals surface area contributed by atoms with Crippen molar-refractivity contribution in [1.82, 2.24) is 19.4 Å². The van der Waals surface area contributed by atoms with Crippen LogP contribution >= 0.6 is 0 Å². The number of fused-ring (bicyclic) bond motifs is 1. The Kier molecular flexibility index (Phi) is 4.20. The standard InChI is InChI=1S/C18H22N4/c1-14(12-15-8-6-7-11-19-15)21(2)13-18-20-16-9-4-5-10-17(16)22(18)3/h4-11,14H,12-13H2,1-3H3. The molecule has 0 saturated heterocycles. The van der Waals surface area contributed by atoms with E-state index in [1.807, 2.05) is 24.4 Å². The predicted octanol–water partition coefficient (Wildman–Crippen LogP) is 3.03. The van der Waals surface area contributed by atoms with E-state index in [1.165, 1.54) is 5.52 Å². The lowest BCUT2D eigenvalue weighted by molar-refractivity contribution is 0.239. The molecule has 3 rings (SSSR count). The largest absolute Gasteiger partial charge is 0.330 e. The van der Waals surface area contributed by atoms with Gasteiger partial charge in [-0.15, -0.1) is 0 Å². The van der Waals surface area contributed by atoms with Crippen LogP contribution in [0.2, 0.25) is 0 Å². The molecule has 0 saturated carbocycles. The van der Waals surface area contributed by atoms with E-state index < -0.39 is 0 Å². The molecule has 0 amide bonds. The number of aryl methyl sites for hydroxylation is 1. The molecule has 114 valence electrons. The number of nitrogens with zero attached hydrogens (tertiary/aromatic N) is 4. The van der Waals surface area contributed by atoms with Gasteiger partial charge in [0.25, 0.3) is 0 Å². The smallest absolute Gasteiger partial charge is 0.123 e. The van der Waals surface area contributed by atoms with Crippen LogP contribution in [0.25, 0.3) is 11.0 Å². The predicted molar refractivity (Wildman–Crippen MR) is 89.6 cm³/mol. The SMILES string of the molecule is CC(Cc1ccccn1)N(C)Cc1nc2ccccc2n1C. The highest BCUT2D eigenvalue weighted by Gasteiger charge is 2.14. The van der Waals surface area contributed by atoms with Gasteiger partial charge in [-0.2, -0.15) is 0 Å². The number of pyridine rings is 1. The fraction of sp³-hybridized carbons (Fsp3) is 0.333. The Hall–Kier alpha value is -2.20. The van der Waals surface area contributed by atoms with Gasteiger partial charge in [-0.3, -0.25) is 9.88 Å². The monoisotopic (exact) mass is 294 g/mol. The van der Waals surface area contributed by atoms with Crippen LogP contribution in [0, 0.1) is 0 Å².